The smallest absolute Gasteiger partial charge is 0.247 e. The first-order chi connectivity index (χ1) is 16.3. The van der Waals surface area contributed by atoms with Crippen molar-refractivity contribution in [3.05, 3.63) is 45.4 Å². The number of aryl methyl sites for hydroxylation is 2. The molecule has 1 aliphatic rings. The molecular formula is C23H30Cl2N2O6S2. The zero-order chi connectivity index (χ0) is 26.1. The summed E-state index contributed by atoms with van der Waals surface area (Å²) in [6.45, 7) is 9.18. The van der Waals surface area contributed by atoms with Crippen molar-refractivity contribution in [3.8, 4) is 11.5 Å². The van der Waals surface area contributed by atoms with Gasteiger partial charge in [-0.05, 0) is 70.0 Å². The molecule has 12 heteroatoms. The second-order valence-electron chi connectivity index (χ2n) is 8.29. The standard InChI is InChI=1S/C23H30Cl2N2O6S2/c1-6-32-20-10-15(3)18(24)12-22(20)34(28,29)26-8-9-27(17(5)14-26)35(30,31)23-13-19(25)16(4)11-21(23)33-7-2/h10-13,17H,6-9,14H2,1-5H3. The van der Waals surface area contributed by atoms with E-state index < -0.39 is 26.1 Å². The summed E-state index contributed by atoms with van der Waals surface area (Å²) < 4.78 is 67.9. The third-order valence-electron chi connectivity index (χ3n) is 5.78. The highest BCUT2D eigenvalue weighted by Crippen LogP contribution is 2.36. The largest absolute Gasteiger partial charge is 0.492 e. The highest BCUT2D eigenvalue weighted by Gasteiger charge is 2.40. The minimum Gasteiger partial charge on any atom is -0.492 e. The van der Waals surface area contributed by atoms with E-state index in [-0.39, 0.29) is 54.1 Å². The van der Waals surface area contributed by atoms with Gasteiger partial charge in [-0.15, -0.1) is 0 Å². The molecule has 0 amide bonds. The van der Waals surface area contributed by atoms with Gasteiger partial charge in [0.15, 0.2) is 0 Å². The molecule has 0 bridgehead atoms. The van der Waals surface area contributed by atoms with Crippen LogP contribution >= 0.6 is 23.2 Å². The molecule has 2 aromatic rings. The summed E-state index contributed by atoms with van der Waals surface area (Å²) in [6, 6.07) is 5.32. The number of nitrogens with zero attached hydrogens (tertiary/aromatic N) is 2. The molecule has 1 fully saturated rings. The Kier molecular flexibility index (Phi) is 8.66. The maximum absolute atomic E-state index is 13.6. The summed E-state index contributed by atoms with van der Waals surface area (Å²) in [4.78, 5) is -0.0792. The average molecular weight is 566 g/mol. The van der Waals surface area contributed by atoms with E-state index in [9.17, 15) is 16.8 Å². The molecule has 0 aliphatic carbocycles. The molecule has 0 spiro atoms. The molecule has 1 saturated heterocycles. The van der Waals surface area contributed by atoms with Gasteiger partial charge in [-0.3, -0.25) is 0 Å². The van der Waals surface area contributed by atoms with Crippen LogP contribution in [-0.4, -0.2) is 64.3 Å². The fourth-order valence-electron chi connectivity index (χ4n) is 3.96. The van der Waals surface area contributed by atoms with Gasteiger partial charge in [-0.25, -0.2) is 16.8 Å². The number of halogens is 2. The van der Waals surface area contributed by atoms with Gasteiger partial charge < -0.3 is 9.47 Å². The van der Waals surface area contributed by atoms with E-state index in [0.29, 0.717) is 21.2 Å². The third kappa shape index (κ3) is 5.57. The van der Waals surface area contributed by atoms with E-state index >= 15 is 0 Å². The van der Waals surface area contributed by atoms with Gasteiger partial charge in [0.1, 0.15) is 21.3 Å². The summed E-state index contributed by atoms with van der Waals surface area (Å²) in [5.41, 5.74) is 1.39. The molecule has 0 N–H and O–H groups in total. The van der Waals surface area contributed by atoms with Crippen LogP contribution in [0.2, 0.25) is 10.0 Å². The van der Waals surface area contributed by atoms with Crippen LogP contribution < -0.4 is 9.47 Å². The van der Waals surface area contributed by atoms with Gasteiger partial charge in [0.05, 0.1) is 13.2 Å². The molecular weight excluding hydrogens is 535 g/mol. The van der Waals surface area contributed by atoms with Crippen LogP contribution in [-0.2, 0) is 20.0 Å². The zero-order valence-electron chi connectivity index (χ0n) is 20.3. The lowest BCUT2D eigenvalue weighted by atomic mass is 10.2. The fraction of sp³-hybridized carbons (Fsp3) is 0.478. The number of rotatable bonds is 8. The first-order valence-electron chi connectivity index (χ1n) is 11.2. The molecule has 35 heavy (non-hydrogen) atoms. The van der Waals surface area contributed by atoms with Crippen LogP contribution in [0.1, 0.15) is 31.9 Å². The van der Waals surface area contributed by atoms with Crippen molar-refractivity contribution in [1.82, 2.24) is 8.61 Å². The third-order valence-corrected chi connectivity index (χ3v) is 10.5. The first kappa shape index (κ1) is 28.0. The molecule has 194 valence electrons. The van der Waals surface area contributed by atoms with Crippen molar-refractivity contribution in [2.24, 2.45) is 0 Å². The topological polar surface area (TPSA) is 93.2 Å². The quantitative estimate of drug-likeness (QED) is 0.468. The number of ether oxygens (including phenoxy) is 2. The van der Waals surface area contributed by atoms with Gasteiger partial charge >= 0.3 is 0 Å². The predicted octanol–water partition coefficient (Wildman–Crippen LogP) is 4.49. The highest BCUT2D eigenvalue weighted by atomic mass is 35.5. The van der Waals surface area contributed by atoms with Crippen molar-refractivity contribution < 1.29 is 26.3 Å². The lowest BCUT2D eigenvalue weighted by Gasteiger charge is -2.38. The predicted molar refractivity (Wildman–Crippen MR) is 137 cm³/mol. The molecule has 1 heterocycles. The van der Waals surface area contributed by atoms with E-state index in [1.54, 1.807) is 46.8 Å². The van der Waals surface area contributed by atoms with Gasteiger partial charge in [-0.2, -0.15) is 8.61 Å². The Morgan fingerprint density at radius 3 is 1.71 bits per heavy atom. The summed E-state index contributed by atoms with van der Waals surface area (Å²) >= 11 is 12.5. The van der Waals surface area contributed by atoms with Gasteiger partial charge in [0.25, 0.3) is 0 Å². The Morgan fingerprint density at radius 2 is 1.29 bits per heavy atom. The molecule has 1 aliphatic heterocycles. The van der Waals surface area contributed by atoms with Crippen LogP contribution in [0.15, 0.2) is 34.1 Å². The molecule has 8 nitrogen and oxygen atoms in total. The van der Waals surface area contributed by atoms with Crippen LogP contribution in [0.4, 0.5) is 0 Å². The monoisotopic (exact) mass is 564 g/mol. The molecule has 2 aromatic carbocycles. The van der Waals surface area contributed by atoms with E-state index in [2.05, 4.69) is 0 Å². The van der Waals surface area contributed by atoms with Gasteiger partial charge in [0, 0.05) is 35.7 Å². The fourth-order valence-corrected chi connectivity index (χ4v) is 7.82. The van der Waals surface area contributed by atoms with E-state index in [4.69, 9.17) is 32.7 Å². The maximum atomic E-state index is 13.6. The van der Waals surface area contributed by atoms with E-state index in [1.165, 1.54) is 20.7 Å². The Bertz CT molecular complexity index is 1320. The summed E-state index contributed by atoms with van der Waals surface area (Å²) in [7, 11) is -8.00. The second kappa shape index (κ2) is 10.8. The number of hydrogen-bond donors (Lipinski definition) is 0. The lowest BCUT2D eigenvalue weighted by molar-refractivity contribution is 0.211. The van der Waals surface area contributed by atoms with Gasteiger partial charge in [0.2, 0.25) is 20.0 Å². The average Bonchev–Trinajstić information content (AvgIpc) is 2.78. The summed E-state index contributed by atoms with van der Waals surface area (Å²) in [5.74, 6) is 0.431. The maximum Gasteiger partial charge on any atom is 0.247 e. The SMILES string of the molecule is CCOc1cc(C)c(Cl)cc1S(=O)(=O)N1CCN(S(=O)(=O)c2cc(Cl)c(C)cc2OCC)C(C)C1. The first-order valence-corrected chi connectivity index (χ1v) is 14.9. The minimum absolute atomic E-state index is 0.0352. The molecule has 0 radical (unpaired) electrons. The highest BCUT2D eigenvalue weighted by molar-refractivity contribution is 7.89. The molecule has 0 aromatic heterocycles. The Morgan fingerprint density at radius 1 is 0.829 bits per heavy atom. The summed E-state index contributed by atoms with van der Waals surface area (Å²) in [5, 5.41) is 0.613. The Hall–Kier alpha value is -1.56. The Labute approximate surface area is 217 Å². The number of piperazine rings is 1. The Balaban J connectivity index is 1.93. The van der Waals surface area contributed by atoms with E-state index in [0.717, 1.165) is 0 Å². The molecule has 0 saturated carbocycles. The molecule has 3 rings (SSSR count). The number of hydrogen-bond acceptors (Lipinski definition) is 6. The van der Waals surface area contributed by atoms with Crippen LogP contribution in [0, 0.1) is 13.8 Å². The molecule has 1 atom stereocenters. The van der Waals surface area contributed by atoms with Gasteiger partial charge in [-0.1, -0.05) is 23.2 Å². The second-order valence-corrected chi connectivity index (χ2v) is 12.9. The lowest BCUT2D eigenvalue weighted by Crippen LogP contribution is -2.55. The van der Waals surface area contributed by atoms with Crippen molar-refractivity contribution in [1.29, 1.82) is 0 Å². The minimum atomic E-state index is -4.01. The van der Waals surface area contributed by atoms with Crippen molar-refractivity contribution in [2.75, 3.05) is 32.8 Å². The normalized spacial score (nSPS) is 18.0. The zero-order valence-corrected chi connectivity index (χ0v) is 23.5. The summed E-state index contributed by atoms with van der Waals surface area (Å²) in [6.07, 6.45) is 0. The molecule has 1 unspecified atom stereocenters. The van der Waals surface area contributed by atoms with Crippen molar-refractivity contribution >= 4 is 43.2 Å². The van der Waals surface area contributed by atoms with Crippen LogP contribution in [0.25, 0.3) is 0 Å². The van der Waals surface area contributed by atoms with Crippen LogP contribution in [0.3, 0.4) is 0 Å². The van der Waals surface area contributed by atoms with Crippen molar-refractivity contribution in [2.45, 2.75) is 50.5 Å². The van der Waals surface area contributed by atoms with E-state index in [1.807, 2.05) is 0 Å². The van der Waals surface area contributed by atoms with Crippen LogP contribution in [0.5, 0.6) is 11.5 Å². The van der Waals surface area contributed by atoms with Crippen molar-refractivity contribution in [3.63, 3.8) is 0 Å². The number of benzene rings is 2. The number of sulfonamides is 2.